The Balaban J connectivity index is 2.49. The molecule has 0 aromatic rings. The molecule has 0 radical (unpaired) electrons. The summed E-state index contributed by atoms with van der Waals surface area (Å²) in [5, 5.41) is 13.5. The van der Waals surface area contributed by atoms with Crippen molar-refractivity contribution in [1.82, 2.24) is 5.32 Å². The van der Waals surface area contributed by atoms with Crippen LogP contribution in [0.1, 0.15) is 33.1 Å². The molecule has 84 valence electrons. The van der Waals surface area contributed by atoms with E-state index in [9.17, 15) is 5.11 Å². The molecule has 1 heterocycles. The molecule has 1 rings (SSSR count). The molecule has 0 saturated carbocycles. The van der Waals surface area contributed by atoms with Gasteiger partial charge in [-0.2, -0.15) is 0 Å². The van der Waals surface area contributed by atoms with Crippen LogP contribution in [0.2, 0.25) is 0 Å². The van der Waals surface area contributed by atoms with Crippen LogP contribution < -0.4 is 5.32 Å². The summed E-state index contributed by atoms with van der Waals surface area (Å²) in [7, 11) is 1.63. The van der Waals surface area contributed by atoms with Crippen molar-refractivity contribution in [1.29, 1.82) is 0 Å². The summed E-state index contributed by atoms with van der Waals surface area (Å²) < 4.78 is 5.04. The van der Waals surface area contributed by atoms with Gasteiger partial charge >= 0.3 is 0 Å². The fourth-order valence-electron chi connectivity index (χ4n) is 2.23. The van der Waals surface area contributed by atoms with Crippen LogP contribution in [0.5, 0.6) is 0 Å². The van der Waals surface area contributed by atoms with Gasteiger partial charge in [-0.25, -0.2) is 0 Å². The van der Waals surface area contributed by atoms with E-state index in [4.69, 9.17) is 4.74 Å². The van der Waals surface area contributed by atoms with Gasteiger partial charge in [0.25, 0.3) is 0 Å². The summed E-state index contributed by atoms with van der Waals surface area (Å²) in [5.74, 6) is 0.754. The molecular weight excluding hydrogens is 178 g/mol. The fourth-order valence-corrected chi connectivity index (χ4v) is 2.23. The lowest BCUT2D eigenvalue weighted by Gasteiger charge is -2.38. The second-order valence-electron chi connectivity index (χ2n) is 4.60. The van der Waals surface area contributed by atoms with Gasteiger partial charge in [0.15, 0.2) is 0 Å². The van der Waals surface area contributed by atoms with Gasteiger partial charge in [-0.1, -0.05) is 13.3 Å². The Morgan fingerprint density at radius 2 is 2.29 bits per heavy atom. The monoisotopic (exact) mass is 201 g/mol. The Morgan fingerprint density at radius 1 is 1.57 bits per heavy atom. The van der Waals surface area contributed by atoms with Crippen LogP contribution >= 0.6 is 0 Å². The summed E-state index contributed by atoms with van der Waals surface area (Å²) in [6.45, 7) is 5.49. The third-order valence-corrected chi connectivity index (χ3v) is 3.28. The molecule has 3 unspecified atom stereocenters. The molecule has 0 amide bonds. The summed E-state index contributed by atoms with van der Waals surface area (Å²) >= 11 is 0. The minimum atomic E-state index is -0.734. The van der Waals surface area contributed by atoms with E-state index in [0.29, 0.717) is 6.61 Å². The van der Waals surface area contributed by atoms with Gasteiger partial charge in [0.05, 0.1) is 6.61 Å². The van der Waals surface area contributed by atoms with Crippen molar-refractivity contribution in [2.75, 3.05) is 20.3 Å². The number of hydrogen-bond acceptors (Lipinski definition) is 3. The molecule has 0 aromatic heterocycles. The topological polar surface area (TPSA) is 41.5 Å². The van der Waals surface area contributed by atoms with Crippen LogP contribution in [-0.2, 0) is 4.74 Å². The van der Waals surface area contributed by atoms with Gasteiger partial charge < -0.3 is 15.2 Å². The minimum absolute atomic E-state index is 0.182. The molecule has 1 saturated heterocycles. The van der Waals surface area contributed by atoms with E-state index in [2.05, 4.69) is 12.2 Å². The van der Waals surface area contributed by atoms with E-state index in [-0.39, 0.29) is 6.04 Å². The molecule has 3 atom stereocenters. The van der Waals surface area contributed by atoms with Crippen LogP contribution in [0.25, 0.3) is 0 Å². The van der Waals surface area contributed by atoms with Crippen molar-refractivity contribution in [3.8, 4) is 0 Å². The van der Waals surface area contributed by atoms with Crippen molar-refractivity contribution in [3.05, 3.63) is 0 Å². The van der Waals surface area contributed by atoms with Gasteiger partial charge in [-0.05, 0) is 32.2 Å². The van der Waals surface area contributed by atoms with E-state index in [0.717, 1.165) is 18.9 Å². The molecule has 0 aromatic carbocycles. The standard InChI is InChI=1S/C11H23NO2/c1-4-9-5-6-12-10(7-9)11(2,13)8-14-3/h9-10,12-13H,4-8H2,1-3H3. The van der Waals surface area contributed by atoms with Crippen LogP contribution in [0.3, 0.4) is 0 Å². The lowest BCUT2D eigenvalue weighted by atomic mass is 9.83. The molecule has 0 aliphatic carbocycles. The van der Waals surface area contributed by atoms with Crippen LogP contribution in [0.4, 0.5) is 0 Å². The molecule has 0 spiro atoms. The van der Waals surface area contributed by atoms with E-state index >= 15 is 0 Å². The molecule has 2 N–H and O–H groups in total. The van der Waals surface area contributed by atoms with Crippen molar-refractivity contribution in [2.45, 2.75) is 44.8 Å². The predicted molar refractivity (Wildman–Crippen MR) is 57.3 cm³/mol. The van der Waals surface area contributed by atoms with Gasteiger partial charge in [0.1, 0.15) is 5.60 Å². The Labute approximate surface area is 86.8 Å². The van der Waals surface area contributed by atoms with Gasteiger partial charge in [-0.3, -0.25) is 0 Å². The highest BCUT2D eigenvalue weighted by Gasteiger charge is 2.35. The second-order valence-corrected chi connectivity index (χ2v) is 4.60. The zero-order valence-corrected chi connectivity index (χ0v) is 9.55. The van der Waals surface area contributed by atoms with Crippen LogP contribution in [-0.4, -0.2) is 37.0 Å². The number of nitrogens with one attached hydrogen (secondary N) is 1. The van der Waals surface area contributed by atoms with E-state index in [1.54, 1.807) is 7.11 Å². The Hall–Kier alpha value is -0.120. The summed E-state index contributed by atoms with van der Waals surface area (Å²) in [6, 6.07) is 0.182. The maximum atomic E-state index is 10.2. The zero-order valence-electron chi connectivity index (χ0n) is 9.55. The first-order valence-electron chi connectivity index (χ1n) is 5.55. The molecule has 14 heavy (non-hydrogen) atoms. The maximum absolute atomic E-state index is 10.2. The average Bonchev–Trinajstić information content (AvgIpc) is 2.18. The first-order valence-corrected chi connectivity index (χ1v) is 5.55. The van der Waals surface area contributed by atoms with Crippen LogP contribution in [0, 0.1) is 5.92 Å². The smallest absolute Gasteiger partial charge is 0.100 e. The number of methoxy groups -OCH3 is 1. The van der Waals surface area contributed by atoms with Gasteiger partial charge in [0.2, 0.25) is 0 Å². The van der Waals surface area contributed by atoms with Crippen LogP contribution in [0.15, 0.2) is 0 Å². The van der Waals surface area contributed by atoms with E-state index < -0.39 is 5.60 Å². The normalized spacial score (nSPS) is 32.6. The summed E-state index contributed by atoms with van der Waals surface area (Å²) in [6.07, 6.45) is 3.50. The first kappa shape index (κ1) is 12.0. The molecule has 1 fully saturated rings. The Kier molecular flexibility index (Phi) is 4.35. The fraction of sp³-hybridized carbons (Fsp3) is 1.00. The largest absolute Gasteiger partial charge is 0.386 e. The minimum Gasteiger partial charge on any atom is -0.386 e. The number of rotatable bonds is 4. The molecular formula is C11H23NO2. The van der Waals surface area contributed by atoms with Crippen molar-refractivity contribution in [3.63, 3.8) is 0 Å². The summed E-state index contributed by atoms with van der Waals surface area (Å²) in [4.78, 5) is 0. The summed E-state index contributed by atoms with van der Waals surface area (Å²) in [5.41, 5.74) is -0.734. The quantitative estimate of drug-likeness (QED) is 0.717. The Morgan fingerprint density at radius 3 is 2.86 bits per heavy atom. The predicted octanol–water partition coefficient (Wildman–Crippen LogP) is 1.16. The highest BCUT2D eigenvalue weighted by atomic mass is 16.5. The van der Waals surface area contributed by atoms with Gasteiger partial charge in [-0.15, -0.1) is 0 Å². The first-order chi connectivity index (χ1) is 6.60. The number of hydrogen-bond donors (Lipinski definition) is 2. The molecule has 0 bridgehead atoms. The lowest BCUT2D eigenvalue weighted by Crippen LogP contribution is -2.55. The third kappa shape index (κ3) is 2.94. The highest BCUT2D eigenvalue weighted by Crippen LogP contribution is 2.25. The maximum Gasteiger partial charge on any atom is 0.100 e. The van der Waals surface area contributed by atoms with E-state index in [1.165, 1.54) is 12.8 Å². The second kappa shape index (κ2) is 5.10. The molecule has 1 aliphatic rings. The number of aliphatic hydroxyl groups is 1. The number of piperidine rings is 1. The van der Waals surface area contributed by atoms with Crippen molar-refractivity contribution < 1.29 is 9.84 Å². The average molecular weight is 201 g/mol. The SMILES string of the molecule is CCC1CCNC(C(C)(O)COC)C1. The van der Waals surface area contributed by atoms with Gasteiger partial charge in [0, 0.05) is 13.2 Å². The Bertz CT molecular complexity index is 171. The molecule has 3 heteroatoms. The molecule has 3 nitrogen and oxygen atoms in total. The van der Waals surface area contributed by atoms with Crippen molar-refractivity contribution in [2.24, 2.45) is 5.92 Å². The zero-order chi connectivity index (χ0) is 10.6. The number of ether oxygens (including phenoxy) is 1. The molecule has 1 aliphatic heterocycles. The van der Waals surface area contributed by atoms with E-state index in [1.807, 2.05) is 6.92 Å². The lowest BCUT2D eigenvalue weighted by molar-refractivity contribution is -0.0546. The highest BCUT2D eigenvalue weighted by molar-refractivity contribution is 4.91. The van der Waals surface area contributed by atoms with Crippen molar-refractivity contribution >= 4 is 0 Å². The third-order valence-electron chi connectivity index (χ3n) is 3.28.